The lowest BCUT2D eigenvalue weighted by Gasteiger charge is -2.11. The largest absolute Gasteiger partial charge is 0.469 e. The Kier molecular flexibility index (Phi) is 5.13. The molecule has 1 atom stereocenters. The van der Waals surface area contributed by atoms with Crippen LogP contribution in [0.25, 0.3) is 0 Å². The number of ether oxygens (including phenoxy) is 1. The predicted octanol–water partition coefficient (Wildman–Crippen LogP) is 3.44. The lowest BCUT2D eigenvalue weighted by atomic mass is 9.97. The van der Waals surface area contributed by atoms with Crippen molar-refractivity contribution < 1.29 is 13.9 Å². The molecule has 0 fully saturated rings. The molecule has 0 radical (unpaired) electrons. The van der Waals surface area contributed by atoms with Crippen LogP contribution in [-0.2, 0) is 16.0 Å². The Morgan fingerprint density at radius 3 is 2.76 bits per heavy atom. The Bertz CT molecular complexity index is 388. The van der Waals surface area contributed by atoms with Crippen molar-refractivity contribution in [1.29, 1.82) is 0 Å². The number of carbonyl (C=O) groups is 1. The summed E-state index contributed by atoms with van der Waals surface area (Å²) in [6, 6.07) is 4.85. The molecule has 0 aliphatic rings. The van der Waals surface area contributed by atoms with Gasteiger partial charge in [-0.25, -0.2) is 4.39 Å². The van der Waals surface area contributed by atoms with Gasteiger partial charge in [-0.3, -0.25) is 4.79 Å². The van der Waals surface area contributed by atoms with Crippen LogP contribution in [0, 0.1) is 5.82 Å². The summed E-state index contributed by atoms with van der Waals surface area (Å²) < 4.78 is 18.2. The maximum atomic E-state index is 13.5. The summed E-state index contributed by atoms with van der Waals surface area (Å²) in [4.78, 5) is 11.4. The van der Waals surface area contributed by atoms with Gasteiger partial charge in [0.2, 0.25) is 0 Å². The zero-order valence-corrected chi connectivity index (χ0v) is 10.6. The van der Waals surface area contributed by atoms with Crippen LogP contribution in [0.1, 0.15) is 43.7 Å². The molecule has 0 saturated heterocycles. The molecule has 0 aliphatic heterocycles. The van der Waals surface area contributed by atoms with Gasteiger partial charge in [-0.05, 0) is 37.0 Å². The smallest absolute Gasteiger partial charge is 0.312 e. The first-order chi connectivity index (χ1) is 8.10. The van der Waals surface area contributed by atoms with Gasteiger partial charge in [0.15, 0.2) is 0 Å². The number of halogens is 1. The van der Waals surface area contributed by atoms with Crippen molar-refractivity contribution in [3.8, 4) is 0 Å². The molecule has 0 aromatic heterocycles. The molecule has 2 nitrogen and oxygen atoms in total. The number of rotatable bonds is 5. The van der Waals surface area contributed by atoms with Gasteiger partial charge in [-0.2, -0.15) is 0 Å². The van der Waals surface area contributed by atoms with Gasteiger partial charge in [0.05, 0.1) is 13.0 Å². The Labute approximate surface area is 102 Å². The minimum Gasteiger partial charge on any atom is -0.469 e. The summed E-state index contributed by atoms with van der Waals surface area (Å²) in [5.41, 5.74) is 1.49. The summed E-state index contributed by atoms with van der Waals surface area (Å²) in [5, 5.41) is 0. The number of hydrogen-bond acceptors (Lipinski definition) is 2. The highest BCUT2D eigenvalue weighted by atomic mass is 19.1. The predicted molar refractivity (Wildman–Crippen MR) is 65.4 cm³/mol. The van der Waals surface area contributed by atoms with E-state index in [1.807, 2.05) is 0 Å². The normalized spacial score (nSPS) is 12.2. The molecule has 0 saturated carbocycles. The van der Waals surface area contributed by atoms with Gasteiger partial charge in [0.1, 0.15) is 5.82 Å². The van der Waals surface area contributed by atoms with E-state index in [4.69, 9.17) is 0 Å². The van der Waals surface area contributed by atoms with Crippen LogP contribution in [0.2, 0.25) is 0 Å². The zero-order valence-electron chi connectivity index (χ0n) is 10.6. The number of benzene rings is 1. The second kappa shape index (κ2) is 6.38. The molecule has 94 valence electrons. The summed E-state index contributed by atoms with van der Waals surface area (Å²) in [7, 11) is 1.36. The molecule has 0 aliphatic carbocycles. The van der Waals surface area contributed by atoms with E-state index in [1.165, 1.54) is 13.2 Å². The lowest BCUT2D eigenvalue weighted by Crippen LogP contribution is -2.11. The molecule has 0 amide bonds. The molecular weight excluding hydrogens is 219 g/mol. The summed E-state index contributed by atoms with van der Waals surface area (Å²) in [6.07, 6.45) is 2.69. The van der Waals surface area contributed by atoms with Crippen LogP contribution < -0.4 is 0 Å². The first-order valence-electron chi connectivity index (χ1n) is 5.96. The number of esters is 1. The minimum absolute atomic E-state index is 0.195. The second-order valence-corrected chi connectivity index (χ2v) is 4.20. The maximum Gasteiger partial charge on any atom is 0.312 e. The van der Waals surface area contributed by atoms with E-state index in [1.54, 1.807) is 19.1 Å². The SMILES string of the molecule is CCCCc1cc(C(C)C(=O)OC)ccc1F. The van der Waals surface area contributed by atoms with Crippen LogP contribution >= 0.6 is 0 Å². The number of carbonyl (C=O) groups excluding carboxylic acids is 1. The topological polar surface area (TPSA) is 26.3 Å². The van der Waals surface area contributed by atoms with E-state index in [0.717, 1.165) is 18.4 Å². The van der Waals surface area contributed by atoms with Gasteiger partial charge in [0, 0.05) is 0 Å². The van der Waals surface area contributed by atoms with Crippen molar-refractivity contribution in [1.82, 2.24) is 0 Å². The van der Waals surface area contributed by atoms with Gasteiger partial charge < -0.3 is 4.74 Å². The third-order valence-corrected chi connectivity index (χ3v) is 2.92. The summed E-state index contributed by atoms with van der Waals surface area (Å²) in [6.45, 7) is 3.83. The summed E-state index contributed by atoms with van der Waals surface area (Å²) in [5.74, 6) is -0.835. The fourth-order valence-corrected chi connectivity index (χ4v) is 1.74. The van der Waals surface area contributed by atoms with Crippen LogP contribution in [0.5, 0.6) is 0 Å². The van der Waals surface area contributed by atoms with Crippen molar-refractivity contribution in [2.45, 2.75) is 39.0 Å². The van der Waals surface area contributed by atoms with Crippen LogP contribution in [0.3, 0.4) is 0 Å². The lowest BCUT2D eigenvalue weighted by molar-refractivity contribution is -0.141. The van der Waals surface area contributed by atoms with E-state index < -0.39 is 0 Å². The summed E-state index contributed by atoms with van der Waals surface area (Å²) >= 11 is 0. The van der Waals surface area contributed by atoms with Crippen LogP contribution in [0.15, 0.2) is 18.2 Å². The Hall–Kier alpha value is -1.38. The highest BCUT2D eigenvalue weighted by Crippen LogP contribution is 2.21. The zero-order chi connectivity index (χ0) is 12.8. The molecule has 0 spiro atoms. The molecule has 0 bridgehead atoms. The van der Waals surface area contributed by atoms with Gasteiger partial charge in [-0.15, -0.1) is 0 Å². The van der Waals surface area contributed by atoms with Crippen LogP contribution in [-0.4, -0.2) is 13.1 Å². The fourth-order valence-electron chi connectivity index (χ4n) is 1.74. The molecule has 1 aromatic carbocycles. The number of methoxy groups -OCH3 is 1. The average molecular weight is 238 g/mol. The van der Waals surface area contributed by atoms with Crippen molar-refractivity contribution in [2.24, 2.45) is 0 Å². The molecule has 0 heterocycles. The molecule has 3 heteroatoms. The first kappa shape index (κ1) is 13.7. The van der Waals surface area contributed by atoms with Gasteiger partial charge in [-0.1, -0.05) is 25.5 Å². The minimum atomic E-state index is -0.346. The molecule has 0 N–H and O–H groups in total. The quantitative estimate of drug-likeness (QED) is 0.734. The van der Waals surface area contributed by atoms with Crippen LogP contribution in [0.4, 0.5) is 4.39 Å². The Morgan fingerprint density at radius 2 is 2.18 bits per heavy atom. The molecule has 1 rings (SSSR count). The first-order valence-corrected chi connectivity index (χ1v) is 5.96. The second-order valence-electron chi connectivity index (χ2n) is 4.20. The van der Waals surface area contributed by atoms with Gasteiger partial charge >= 0.3 is 5.97 Å². The fraction of sp³-hybridized carbons (Fsp3) is 0.500. The van der Waals surface area contributed by atoms with Crippen molar-refractivity contribution in [3.05, 3.63) is 35.1 Å². The third-order valence-electron chi connectivity index (χ3n) is 2.92. The highest BCUT2D eigenvalue weighted by Gasteiger charge is 2.16. The third kappa shape index (κ3) is 3.55. The molecular formula is C14H19FO2. The van der Waals surface area contributed by atoms with E-state index >= 15 is 0 Å². The number of hydrogen-bond donors (Lipinski definition) is 0. The number of unbranched alkanes of at least 4 members (excludes halogenated alkanes) is 1. The van der Waals surface area contributed by atoms with E-state index in [9.17, 15) is 9.18 Å². The standard InChI is InChI=1S/C14H19FO2/c1-4-5-6-12-9-11(7-8-13(12)15)10(2)14(16)17-3/h7-10H,4-6H2,1-3H3. The van der Waals surface area contributed by atoms with E-state index in [-0.39, 0.29) is 17.7 Å². The molecule has 17 heavy (non-hydrogen) atoms. The number of aryl methyl sites for hydroxylation is 1. The highest BCUT2D eigenvalue weighted by molar-refractivity contribution is 5.77. The average Bonchev–Trinajstić information content (AvgIpc) is 2.36. The monoisotopic (exact) mass is 238 g/mol. The van der Waals surface area contributed by atoms with Gasteiger partial charge in [0.25, 0.3) is 0 Å². The Balaban J connectivity index is 2.91. The van der Waals surface area contributed by atoms with Crippen molar-refractivity contribution >= 4 is 5.97 Å². The van der Waals surface area contributed by atoms with Crippen molar-refractivity contribution in [3.63, 3.8) is 0 Å². The van der Waals surface area contributed by atoms with E-state index in [2.05, 4.69) is 11.7 Å². The van der Waals surface area contributed by atoms with Crippen molar-refractivity contribution in [2.75, 3.05) is 7.11 Å². The van der Waals surface area contributed by atoms with E-state index in [0.29, 0.717) is 12.0 Å². The molecule has 1 aromatic rings. The Morgan fingerprint density at radius 1 is 1.47 bits per heavy atom. The molecule has 1 unspecified atom stereocenters. The maximum absolute atomic E-state index is 13.5.